The fraction of sp³-hybridized carbons (Fsp3) is 0.552. The van der Waals surface area contributed by atoms with Gasteiger partial charge in [-0.1, -0.05) is 32.0 Å². The van der Waals surface area contributed by atoms with Crippen LogP contribution in [0.3, 0.4) is 0 Å². The summed E-state index contributed by atoms with van der Waals surface area (Å²) >= 11 is 0. The molecule has 3 rings (SSSR count). The second-order valence-electron chi connectivity index (χ2n) is 11.8. The molecule has 12 heteroatoms. The molecule has 1 aliphatic heterocycles. The summed E-state index contributed by atoms with van der Waals surface area (Å²) in [4.78, 5) is 68.7. The molecule has 6 N–H and O–H groups in total. The van der Waals surface area contributed by atoms with Gasteiger partial charge in [0.25, 0.3) is 0 Å². The van der Waals surface area contributed by atoms with Gasteiger partial charge in [-0.3, -0.25) is 19.2 Å². The Kier molecular flexibility index (Phi) is 10.4. The van der Waals surface area contributed by atoms with E-state index < -0.39 is 53.4 Å². The van der Waals surface area contributed by atoms with Crippen LogP contribution in [0.2, 0.25) is 0 Å². The van der Waals surface area contributed by atoms with Gasteiger partial charge < -0.3 is 36.3 Å². The molecule has 2 heterocycles. The van der Waals surface area contributed by atoms with Gasteiger partial charge in [-0.15, -0.1) is 0 Å². The number of ether oxygens (including phenoxy) is 1. The normalized spacial score (nSPS) is 16.7. The second-order valence-corrected chi connectivity index (χ2v) is 11.8. The van der Waals surface area contributed by atoms with Crippen LogP contribution in [0.5, 0.6) is 0 Å². The quantitative estimate of drug-likeness (QED) is 0.275. The van der Waals surface area contributed by atoms with Crippen LogP contribution >= 0.6 is 0 Å². The van der Waals surface area contributed by atoms with Crippen molar-refractivity contribution in [2.24, 2.45) is 11.7 Å². The average molecular weight is 571 g/mol. The Labute approximate surface area is 240 Å². The number of benzene rings is 1. The molecule has 41 heavy (non-hydrogen) atoms. The van der Waals surface area contributed by atoms with Crippen molar-refractivity contribution in [2.45, 2.75) is 84.0 Å². The average Bonchev–Trinajstić information content (AvgIpc) is 3.52. The number of nitrogens with one attached hydrogen (secondary N) is 4. The first-order valence-electron chi connectivity index (χ1n) is 14.0. The lowest BCUT2D eigenvalue weighted by Gasteiger charge is -2.30. The zero-order valence-corrected chi connectivity index (χ0v) is 24.4. The summed E-state index contributed by atoms with van der Waals surface area (Å²) < 4.78 is 5.36. The molecule has 1 aromatic heterocycles. The number of hydrogen-bond acceptors (Lipinski definition) is 6. The maximum absolute atomic E-state index is 14.0. The third-order valence-corrected chi connectivity index (χ3v) is 6.70. The van der Waals surface area contributed by atoms with Crippen molar-refractivity contribution >= 4 is 40.6 Å². The van der Waals surface area contributed by atoms with E-state index in [1.165, 1.54) is 4.90 Å². The minimum Gasteiger partial charge on any atom is -0.444 e. The zero-order chi connectivity index (χ0) is 30.3. The van der Waals surface area contributed by atoms with Crippen molar-refractivity contribution < 1.29 is 28.7 Å². The Hall–Kier alpha value is -4.09. The third kappa shape index (κ3) is 8.95. The van der Waals surface area contributed by atoms with Gasteiger partial charge in [0.2, 0.25) is 23.6 Å². The van der Waals surface area contributed by atoms with Gasteiger partial charge in [0.15, 0.2) is 0 Å². The van der Waals surface area contributed by atoms with E-state index in [1.54, 1.807) is 27.0 Å². The number of likely N-dealkylation sites (tertiary alicyclic amines) is 1. The Morgan fingerprint density at radius 2 is 1.80 bits per heavy atom. The molecule has 0 saturated carbocycles. The van der Waals surface area contributed by atoms with E-state index in [4.69, 9.17) is 10.5 Å². The minimum absolute atomic E-state index is 0.0559. The van der Waals surface area contributed by atoms with Crippen LogP contribution in [-0.2, 0) is 30.3 Å². The van der Waals surface area contributed by atoms with Crippen LogP contribution in [0.15, 0.2) is 30.5 Å². The first-order valence-corrected chi connectivity index (χ1v) is 14.0. The van der Waals surface area contributed by atoms with Crippen LogP contribution in [0.1, 0.15) is 59.4 Å². The molecule has 0 bridgehead atoms. The number of primary amides is 1. The number of carbonyl (C=O) groups excluding carboxylic acids is 5. The summed E-state index contributed by atoms with van der Waals surface area (Å²) in [6.45, 7) is 9.01. The van der Waals surface area contributed by atoms with Crippen molar-refractivity contribution in [1.29, 1.82) is 0 Å². The van der Waals surface area contributed by atoms with Crippen LogP contribution in [-0.4, -0.2) is 76.4 Å². The standard InChI is InChI=1S/C29H42N6O6/c1-17(2)13-21(34-28(40)41-29(3,4)5)25(37)33-22(14-18-15-31-20-10-7-6-9-19(18)20)27(39)35-12-8-11-23(35)26(38)32-16-24(30)36/h6-7,9-10,15,17,21-23,31H,8,11-14,16H2,1-5H3,(H2,30,36)(H,32,38)(H,33,37)(H,34,40)/t21-,22-,23-/m0/s1. The number of H-pyrrole nitrogens is 1. The molecule has 2 aromatic rings. The number of aromatic nitrogens is 1. The number of fused-ring (bicyclic) bond motifs is 1. The fourth-order valence-electron chi connectivity index (χ4n) is 4.94. The Balaban J connectivity index is 1.87. The first kappa shape index (κ1) is 31.4. The third-order valence-electron chi connectivity index (χ3n) is 6.70. The molecule has 0 aliphatic carbocycles. The highest BCUT2D eigenvalue weighted by Crippen LogP contribution is 2.23. The van der Waals surface area contributed by atoms with Crippen LogP contribution in [0, 0.1) is 5.92 Å². The van der Waals surface area contributed by atoms with E-state index >= 15 is 0 Å². The monoisotopic (exact) mass is 570 g/mol. The van der Waals surface area contributed by atoms with Gasteiger partial charge in [0.05, 0.1) is 6.54 Å². The Bertz CT molecular complexity index is 1270. The number of para-hydroxylation sites is 1. The lowest BCUT2D eigenvalue weighted by atomic mass is 10.0. The molecule has 3 atom stereocenters. The van der Waals surface area contributed by atoms with Crippen molar-refractivity contribution in [3.05, 3.63) is 36.0 Å². The van der Waals surface area contributed by atoms with E-state index in [-0.39, 0.29) is 18.9 Å². The number of aromatic amines is 1. The first-order chi connectivity index (χ1) is 19.2. The lowest BCUT2D eigenvalue weighted by molar-refractivity contribution is -0.141. The number of nitrogens with zero attached hydrogens (tertiary/aromatic N) is 1. The summed E-state index contributed by atoms with van der Waals surface area (Å²) in [7, 11) is 0. The maximum atomic E-state index is 14.0. The molecular formula is C29H42N6O6. The molecule has 224 valence electrons. The van der Waals surface area contributed by atoms with Crippen LogP contribution < -0.4 is 21.7 Å². The molecule has 0 spiro atoms. The number of nitrogens with two attached hydrogens (primary N) is 1. The summed E-state index contributed by atoms with van der Waals surface area (Å²) in [5.74, 6) is -2.07. The van der Waals surface area contributed by atoms with Gasteiger partial charge in [-0.2, -0.15) is 0 Å². The van der Waals surface area contributed by atoms with Gasteiger partial charge >= 0.3 is 6.09 Å². The Morgan fingerprint density at radius 3 is 2.46 bits per heavy atom. The number of amides is 5. The number of alkyl carbamates (subject to hydrolysis) is 1. The molecule has 1 saturated heterocycles. The molecule has 1 aliphatic rings. The molecular weight excluding hydrogens is 528 g/mol. The van der Waals surface area contributed by atoms with E-state index in [2.05, 4.69) is 20.9 Å². The maximum Gasteiger partial charge on any atom is 0.408 e. The molecule has 5 amide bonds. The number of rotatable bonds is 11. The van der Waals surface area contributed by atoms with Gasteiger partial charge in [0, 0.05) is 30.1 Å². The Morgan fingerprint density at radius 1 is 1.10 bits per heavy atom. The summed E-state index contributed by atoms with van der Waals surface area (Å²) in [5.41, 5.74) is 6.11. The summed E-state index contributed by atoms with van der Waals surface area (Å²) in [6.07, 6.45) is 2.54. The molecule has 1 fully saturated rings. The molecule has 12 nitrogen and oxygen atoms in total. The number of carbonyl (C=O) groups is 5. The smallest absolute Gasteiger partial charge is 0.408 e. The van der Waals surface area contributed by atoms with Crippen molar-refractivity contribution in [3.8, 4) is 0 Å². The zero-order valence-electron chi connectivity index (χ0n) is 24.4. The highest BCUT2D eigenvalue weighted by molar-refractivity contribution is 5.95. The van der Waals surface area contributed by atoms with E-state index in [9.17, 15) is 24.0 Å². The minimum atomic E-state index is -1.03. The largest absolute Gasteiger partial charge is 0.444 e. The van der Waals surface area contributed by atoms with Crippen LogP contribution in [0.25, 0.3) is 10.9 Å². The summed E-state index contributed by atoms with van der Waals surface area (Å²) in [5, 5.41) is 8.89. The van der Waals surface area contributed by atoms with E-state index in [0.29, 0.717) is 25.8 Å². The molecule has 1 aromatic carbocycles. The van der Waals surface area contributed by atoms with Crippen molar-refractivity contribution in [3.63, 3.8) is 0 Å². The SMILES string of the molecule is CC(C)C[C@H](NC(=O)OC(C)(C)C)C(=O)N[C@@H](Cc1c[nH]c2ccccc12)C(=O)N1CCC[C@H]1C(=O)NCC(N)=O. The number of hydrogen-bond donors (Lipinski definition) is 5. The predicted molar refractivity (Wildman–Crippen MR) is 153 cm³/mol. The van der Waals surface area contributed by atoms with Crippen molar-refractivity contribution in [1.82, 2.24) is 25.8 Å². The highest BCUT2D eigenvalue weighted by Gasteiger charge is 2.39. The van der Waals surface area contributed by atoms with Gasteiger partial charge in [-0.05, 0) is 57.6 Å². The molecule has 0 radical (unpaired) electrons. The van der Waals surface area contributed by atoms with E-state index in [0.717, 1.165) is 16.5 Å². The van der Waals surface area contributed by atoms with Crippen LogP contribution in [0.4, 0.5) is 4.79 Å². The lowest BCUT2D eigenvalue weighted by Crippen LogP contribution is -2.57. The van der Waals surface area contributed by atoms with Gasteiger partial charge in [0.1, 0.15) is 23.7 Å². The van der Waals surface area contributed by atoms with Crippen molar-refractivity contribution in [2.75, 3.05) is 13.1 Å². The topological polar surface area (TPSA) is 176 Å². The van der Waals surface area contributed by atoms with E-state index in [1.807, 2.05) is 38.1 Å². The summed E-state index contributed by atoms with van der Waals surface area (Å²) in [6, 6.07) is 4.85. The predicted octanol–water partition coefficient (Wildman–Crippen LogP) is 1.73. The second kappa shape index (κ2) is 13.5. The van der Waals surface area contributed by atoms with Gasteiger partial charge in [-0.25, -0.2) is 4.79 Å². The fourth-order valence-corrected chi connectivity index (χ4v) is 4.94. The molecule has 0 unspecified atom stereocenters. The highest BCUT2D eigenvalue weighted by atomic mass is 16.6.